The van der Waals surface area contributed by atoms with E-state index >= 15 is 0 Å². The number of aryl methyl sites for hydroxylation is 1. The quantitative estimate of drug-likeness (QED) is 0.431. The molecule has 150 valence electrons. The molecule has 3 heteroatoms. The molecule has 1 rings (SSSR count). The zero-order valence-corrected chi connectivity index (χ0v) is 19.1. The fourth-order valence-electron chi connectivity index (χ4n) is 2.18. The molecule has 0 fully saturated rings. The highest BCUT2D eigenvalue weighted by atomic mass is 32.3. The third-order valence-corrected chi connectivity index (χ3v) is 7.44. The summed E-state index contributed by atoms with van der Waals surface area (Å²) in [6.45, 7) is 17.2. The average Bonchev–Trinajstić information content (AvgIpc) is 2.65. The van der Waals surface area contributed by atoms with Crippen molar-refractivity contribution in [2.75, 3.05) is 24.4 Å². The van der Waals surface area contributed by atoms with Crippen LogP contribution in [-0.4, -0.2) is 30.7 Å². The van der Waals surface area contributed by atoms with Crippen molar-refractivity contribution < 1.29 is 8.92 Å². The summed E-state index contributed by atoms with van der Waals surface area (Å²) in [5.74, 6) is 4.18. The van der Waals surface area contributed by atoms with Gasteiger partial charge in [-0.15, -0.1) is 10.3 Å². The molecule has 0 aliphatic carbocycles. The van der Waals surface area contributed by atoms with Crippen LogP contribution >= 0.6 is 10.3 Å². The largest absolute Gasteiger partial charge is 0.355 e. The van der Waals surface area contributed by atoms with Gasteiger partial charge in [-0.05, 0) is 35.2 Å². The molecule has 0 bridgehead atoms. The average molecular weight is 373 g/mol. The molecule has 1 unspecified atom stereocenters. The first-order valence-electron chi connectivity index (χ1n) is 9.94. The molecule has 0 aliphatic heterocycles. The minimum atomic E-state index is -0.951. The lowest BCUT2D eigenvalue weighted by molar-refractivity contribution is -0.0493. The van der Waals surface area contributed by atoms with Crippen molar-refractivity contribution in [2.45, 2.75) is 74.5 Å². The Kier molecular flexibility index (Phi) is 18.1. The fraction of sp³-hybridized carbons (Fsp3) is 0.727. The Morgan fingerprint density at radius 1 is 0.880 bits per heavy atom. The second-order valence-corrected chi connectivity index (χ2v) is 10.2. The first-order chi connectivity index (χ1) is 11.9. The normalized spacial score (nSPS) is 12.6. The Morgan fingerprint density at radius 3 is 1.68 bits per heavy atom. The molecule has 0 spiro atoms. The molecule has 2 nitrogen and oxygen atoms in total. The summed E-state index contributed by atoms with van der Waals surface area (Å²) >= 11 is 0. The van der Waals surface area contributed by atoms with E-state index in [4.69, 9.17) is 8.92 Å². The van der Waals surface area contributed by atoms with E-state index in [9.17, 15) is 0 Å². The highest BCUT2D eigenvalue weighted by molar-refractivity contribution is 8.29. The zero-order valence-electron chi connectivity index (χ0n) is 18.3. The van der Waals surface area contributed by atoms with Crippen molar-refractivity contribution in [3.8, 4) is 0 Å². The van der Waals surface area contributed by atoms with Gasteiger partial charge in [0.2, 0.25) is 0 Å². The molecule has 1 aromatic carbocycles. The summed E-state index contributed by atoms with van der Waals surface area (Å²) in [5.41, 5.74) is 1.35. The van der Waals surface area contributed by atoms with Crippen molar-refractivity contribution in [2.24, 2.45) is 5.92 Å². The maximum atomic E-state index is 6.32. The van der Waals surface area contributed by atoms with E-state index in [-0.39, 0.29) is 6.29 Å². The highest BCUT2D eigenvalue weighted by Crippen LogP contribution is 2.49. The van der Waals surface area contributed by atoms with Gasteiger partial charge in [-0.3, -0.25) is 0 Å². The van der Waals surface area contributed by atoms with Crippen LogP contribution in [-0.2, 0) is 15.3 Å². The number of rotatable bonds is 9. The van der Waals surface area contributed by atoms with Gasteiger partial charge in [-0.25, -0.2) is 0 Å². The molecule has 0 N–H and O–H groups in total. The van der Waals surface area contributed by atoms with Crippen LogP contribution in [0.2, 0.25) is 0 Å². The lowest BCUT2D eigenvalue weighted by Crippen LogP contribution is -2.23. The number of methoxy groups -OCH3 is 1. The summed E-state index contributed by atoms with van der Waals surface area (Å²) in [4.78, 5) is 0. The molecule has 0 radical (unpaired) electrons. The molecule has 1 atom stereocenters. The van der Waals surface area contributed by atoms with Crippen LogP contribution < -0.4 is 0 Å². The van der Waals surface area contributed by atoms with Crippen LogP contribution in [0.4, 0.5) is 0 Å². The van der Waals surface area contributed by atoms with Crippen molar-refractivity contribution in [1.82, 2.24) is 0 Å². The van der Waals surface area contributed by atoms with E-state index in [1.54, 1.807) is 7.11 Å². The summed E-state index contributed by atoms with van der Waals surface area (Å²) in [7, 11) is 0.800. The second-order valence-electron chi connectivity index (χ2n) is 6.35. The monoisotopic (exact) mass is 372 g/mol. The molecule has 25 heavy (non-hydrogen) atoms. The van der Waals surface area contributed by atoms with Crippen molar-refractivity contribution >= 4 is 10.3 Å². The maximum absolute atomic E-state index is 6.32. The van der Waals surface area contributed by atoms with E-state index < -0.39 is 10.3 Å². The predicted molar refractivity (Wildman–Crippen MR) is 118 cm³/mol. The Balaban J connectivity index is 0. The van der Waals surface area contributed by atoms with E-state index in [0.29, 0.717) is 0 Å². The van der Waals surface area contributed by atoms with E-state index in [1.807, 2.05) is 19.9 Å². The number of benzene rings is 1. The van der Waals surface area contributed by atoms with Gasteiger partial charge >= 0.3 is 0 Å². The summed E-state index contributed by atoms with van der Waals surface area (Å²) in [6.07, 6.45) is 1.86. The molecular formula is C22H44O2S. The van der Waals surface area contributed by atoms with Gasteiger partial charge in [0.15, 0.2) is 6.29 Å². The van der Waals surface area contributed by atoms with Gasteiger partial charge < -0.3 is 8.92 Å². The summed E-state index contributed by atoms with van der Waals surface area (Å²) in [5, 5.41) is 0. The number of hydrogen-bond donors (Lipinski definition) is 0. The molecule has 0 aromatic heterocycles. The van der Waals surface area contributed by atoms with Gasteiger partial charge in [0.25, 0.3) is 0 Å². The Bertz CT molecular complexity index is 364. The van der Waals surface area contributed by atoms with E-state index in [2.05, 4.69) is 65.8 Å². The van der Waals surface area contributed by atoms with E-state index in [1.165, 1.54) is 5.56 Å². The minimum Gasteiger partial charge on any atom is -0.355 e. The number of ether oxygens (including phenoxy) is 1. The van der Waals surface area contributed by atoms with Crippen molar-refractivity contribution in [3.63, 3.8) is 0 Å². The van der Waals surface area contributed by atoms with Crippen LogP contribution in [0.5, 0.6) is 0 Å². The first kappa shape index (κ1) is 26.7. The third-order valence-electron chi connectivity index (χ3n) is 3.66. The molecule has 0 amide bonds. The van der Waals surface area contributed by atoms with Crippen LogP contribution in [0.15, 0.2) is 30.3 Å². The predicted octanol–water partition coefficient (Wildman–Crippen LogP) is 7.08. The van der Waals surface area contributed by atoms with Gasteiger partial charge in [0.05, 0.1) is 0 Å². The minimum absolute atomic E-state index is 0.0740. The van der Waals surface area contributed by atoms with Gasteiger partial charge in [0.1, 0.15) is 0 Å². The molecule has 1 aromatic rings. The molecule has 0 aliphatic rings. The zero-order chi connectivity index (χ0) is 19.7. The topological polar surface area (TPSA) is 18.5 Å². The third kappa shape index (κ3) is 13.4. The Hall–Kier alpha value is -0.510. The van der Waals surface area contributed by atoms with Crippen LogP contribution in [0.1, 0.15) is 67.4 Å². The standard InChI is InChI=1S/C16H28O2S.C4H10.C2H6/c1-5-19(6-2,7-3)18-16(17-4)14-13-15-11-9-8-10-12-15;1-4(2)3;1-2/h8-12,16H,5-7,13-14H2,1-4H3;4H,1-3H3;1-2H3. The molecule has 0 saturated heterocycles. The maximum Gasteiger partial charge on any atom is 0.168 e. The molecule has 0 saturated carbocycles. The summed E-state index contributed by atoms with van der Waals surface area (Å²) in [6, 6.07) is 10.5. The van der Waals surface area contributed by atoms with Gasteiger partial charge in [-0.2, -0.15) is 0 Å². The highest BCUT2D eigenvalue weighted by Gasteiger charge is 2.23. The molecular weight excluding hydrogens is 328 g/mol. The van der Waals surface area contributed by atoms with Gasteiger partial charge in [-0.1, -0.05) is 85.7 Å². The lowest BCUT2D eigenvalue weighted by atomic mass is 10.1. The SMILES string of the molecule is CC.CC(C)C.CCS(CC)(CC)OC(CCc1ccccc1)OC. The van der Waals surface area contributed by atoms with Crippen LogP contribution in [0.25, 0.3) is 0 Å². The lowest BCUT2D eigenvalue weighted by Gasteiger charge is -2.39. The van der Waals surface area contributed by atoms with Crippen molar-refractivity contribution in [1.29, 1.82) is 0 Å². The first-order valence-corrected chi connectivity index (χ1v) is 12.0. The Morgan fingerprint density at radius 2 is 1.32 bits per heavy atom. The smallest absolute Gasteiger partial charge is 0.168 e. The fourth-order valence-corrected chi connectivity index (χ4v) is 4.44. The number of hydrogen-bond acceptors (Lipinski definition) is 2. The van der Waals surface area contributed by atoms with Gasteiger partial charge in [0, 0.05) is 13.5 Å². The van der Waals surface area contributed by atoms with E-state index in [0.717, 1.165) is 36.0 Å². The van der Waals surface area contributed by atoms with Crippen molar-refractivity contribution in [3.05, 3.63) is 35.9 Å². The molecule has 0 heterocycles. The van der Waals surface area contributed by atoms with Crippen LogP contribution in [0, 0.1) is 5.92 Å². The Labute approximate surface area is 160 Å². The second kappa shape index (κ2) is 16.9. The summed E-state index contributed by atoms with van der Waals surface area (Å²) < 4.78 is 11.8. The van der Waals surface area contributed by atoms with Crippen LogP contribution in [0.3, 0.4) is 0 Å².